The topological polar surface area (TPSA) is 77.3 Å². The maximum Gasteiger partial charge on any atom is 0.336 e. The fourth-order valence-electron chi connectivity index (χ4n) is 2.39. The SMILES string of the molecule is COC(=O)[C@@H]1[C@@H](c2ccccc2)N=N[C@]1(C)C(=O)OC. The third-order valence-electron chi connectivity index (χ3n) is 3.51. The van der Waals surface area contributed by atoms with E-state index in [9.17, 15) is 9.59 Å². The molecule has 0 aliphatic carbocycles. The number of carbonyl (C=O) groups excluding carboxylic acids is 2. The van der Waals surface area contributed by atoms with Crippen molar-refractivity contribution in [3.05, 3.63) is 35.9 Å². The summed E-state index contributed by atoms with van der Waals surface area (Å²) in [4.78, 5) is 24.0. The van der Waals surface area contributed by atoms with Crippen LogP contribution in [0.25, 0.3) is 0 Å². The third-order valence-corrected chi connectivity index (χ3v) is 3.51. The lowest BCUT2D eigenvalue weighted by Crippen LogP contribution is -2.45. The van der Waals surface area contributed by atoms with Crippen molar-refractivity contribution in [3.63, 3.8) is 0 Å². The summed E-state index contributed by atoms with van der Waals surface area (Å²) >= 11 is 0. The summed E-state index contributed by atoms with van der Waals surface area (Å²) in [6.45, 7) is 1.53. The summed E-state index contributed by atoms with van der Waals surface area (Å²) in [7, 11) is 2.54. The van der Waals surface area contributed by atoms with Crippen LogP contribution in [0.2, 0.25) is 0 Å². The van der Waals surface area contributed by atoms with E-state index in [0.717, 1.165) is 5.56 Å². The molecule has 0 saturated heterocycles. The molecule has 1 aromatic carbocycles. The van der Waals surface area contributed by atoms with Gasteiger partial charge in [0.2, 0.25) is 0 Å². The van der Waals surface area contributed by atoms with E-state index in [1.807, 2.05) is 30.3 Å². The lowest BCUT2D eigenvalue weighted by Gasteiger charge is -2.25. The minimum Gasteiger partial charge on any atom is -0.469 e. The molecule has 0 unspecified atom stereocenters. The zero-order valence-electron chi connectivity index (χ0n) is 11.6. The summed E-state index contributed by atoms with van der Waals surface area (Å²) in [5, 5.41) is 8.10. The van der Waals surface area contributed by atoms with E-state index in [1.165, 1.54) is 21.1 Å². The van der Waals surface area contributed by atoms with Crippen molar-refractivity contribution in [2.75, 3.05) is 14.2 Å². The summed E-state index contributed by atoms with van der Waals surface area (Å²) in [5.74, 6) is -1.96. The van der Waals surface area contributed by atoms with Crippen LogP contribution in [0.5, 0.6) is 0 Å². The number of nitrogens with zero attached hydrogens (tertiary/aromatic N) is 2. The first-order valence-corrected chi connectivity index (χ1v) is 6.17. The Bertz CT molecular complexity index is 543. The van der Waals surface area contributed by atoms with Gasteiger partial charge >= 0.3 is 11.9 Å². The van der Waals surface area contributed by atoms with Crippen LogP contribution < -0.4 is 0 Å². The smallest absolute Gasteiger partial charge is 0.336 e. The van der Waals surface area contributed by atoms with Crippen LogP contribution in [0.1, 0.15) is 18.5 Å². The van der Waals surface area contributed by atoms with Gasteiger partial charge in [-0.2, -0.15) is 10.2 Å². The average molecular weight is 276 g/mol. The number of esters is 2. The van der Waals surface area contributed by atoms with Crippen molar-refractivity contribution < 1.29 is 19.1 Å². The molecule has 1 aliphatic heterocycles. The molecule has 0 amide bonds. The molecule has 1 heterocycles. The number of carbonyl (C=O) groups is 2. The van der Waals surface area contributed by atoms with E-state index in [0.29, 0.717) is 0 Å². The highest BCUT2D eigenvalue weighted by Crippen LogP contribution is 2.43. The Morgan fingerprint density at radius 2 is 1.80 bits per heavy atom. The first-order chi connectivity index (χ1) is 9.54. The largest absolute Gasteiger partial charge is 0.469 e. The number of hydrogen-bond donors (Lipinski definition) is 0. The summed E-state index contributed by atoms with van der Waals surface area (Å²) in [5.41, 5.74) is -0.554. The predicted octanol–water partition coefficient (Wildman–Crippen LogP) is 1.91. The molecule has 0 spiro atoms. The minimum absolute atomic E-state index is 0.531. The summed E-state index contributed by atoms with van der Waals surface area (Å²) in [6.07, 6.45) is 0. The van der Waals surface area contributed by atoms with Crippen LogP contribution >= 0.6 is 0 Å². The third kappa shape index (κ3) is 2.17. The Labute approximate surface area is 116 Å². The number of rotatable bonds is 3. The van der Waals surface area contributed by atoms with E-state index in [1.54, 1.807) is 0 Å². The number of methoxy groups -OCH3 is 2. The van der Waals surface area contributed by atoms with E-state index >= 15 is 0 Å². The number of azo groups is 1. The van der Waals surface area contributed by atoms with Gasteiger partial charge < -0.3 is 9.47 Å². The molecule has 0 radical (unpaired) electrons. The van der Waals surface area contributed by atoms with Crippen molar-refractivity contribution in [3.8, 4) is 0 Å². The van der Waals surface area contributed by atoms with Crippen LogP contribution in [0, 0.1) is 5.92 Å². The zero-order valence-corrected chi connectivity index (χ0v) is 11.6. The number of ether oxygens (including phenoxy) is 2. The highest BCUT2D eigenvalue weighted by molar-refractivity contribution is 5.89. The van der Waals surface area contributed by atoms with Crippen molar-refractivity contribution in [1.29, 1.82) is 0 Å². The van der Waals surface area contributed by atoms with Gasteiger partial charge in [0.05, 0.1) is 14.2 Å². The van der Waals surface area contributed by atoms with Gasteiger partial charge in [0.15, 0.2) is 5.54 Å². The van der Waals surface area contributed by atoms with Crippen molar-refractivity contribution in [2.45, 2.75) is 18.5 Å². The number of benzene rings is 1. The molecule has 0 bridgehead atoms. The minimum atomic E-state index is -1.36. The average Bonchev–Trinajstić information content (AvgIpc) is 2.85. The first kappa shape index (κ1) is 14.2. The molecule has 3 atom stereocenters. The normalized spacial score (nSPS) is 28.1. The Morgan fingerprint density at radius 1 is 1.15 bits per heavy atom. The highest BCUT2D eigenvalue weighted by Gasteiger charge is 2.56. The molecule has 0 aromatic heterocycles. The molecule has 20 heavy (non-hydrogen) atoms. The zero-order chi connectivity index (χ0) is 14.8. The molecule has 2 rings (SSSR count). The van der Waals surface area contributed by atoms with E-state index in [4.69, 9.17) is 9.47 Å². The van der Waals surface area contributed by atoms with Crippen LogP contribution in [0.15, 0.2) is 40.6 Å². The lowest BCUT2D eigenvalue weighted by atomic mass is 9.80. The maximum absolute atomic E-state index is 12.1. The Morgan fingerprint density at radius 3 is 2.35 bits per heavy atom. The molecule has 1 aliphatic rings. The van der Waals surface area contributed by atoms with Crippen molar-refractivity contribution >= 4 is 11.9 Å². The van der Waals surface area contributed by atoms with Crippen molar-refractivity contribution in [2.24, 2.45) is 16.1 Å². The lowest BCUT2D eigenvalue weighted by molar-refractivity contribution is -0.158. The Hall–Kier alpha value is -2.24. The molecule has 6 nitrogen and oxygen atoms in total. The number of hydrogen-bond acceptors (Lipinski definition) is 6. The van der Waals surface area contributed by atoms with Gasteiger partial charge in [-0.05, 0) is 12.5 Å². The molecular weight excluding hydrogens is 260 g/mol. The van der Waals surface area contributed by atoms with Crippen molar-refractivity contribution in [1.82, 2.24) is 0 Å². The molecule has 6 heteroatoms. The maximum atomic E-state index is 12.1. The van der Waals surface area contributed by atoms with E-state index < -0.39 is 29.4 Å². The van der Waals surface area contributed by atoms with Crippen LogP contribution in [-0.4, -0.2) is 31.7 Å². The van der Waals surface area contributed by atoms with Gasteiger partial charge in [-0.25, -0.2) is 4.79 Å². The molecule has 106 valence electrons. The van der Waals surface area contributed by atoms with Gasteiger partial charge in [-0.1, -0.05) is 30.3 Å². The Balaban J connectivity index is 2.43. The fourth-order valence-corrected chi connectivity index (χ4v) is 2.39. The fraction of sp³-hybridized carbons (Fsp3) is 0.429. The first-order valence-electron chi connectivity index (χ1n) is 6.17. The van der Waals surface area contributed by atoms with E-state index in [-0.39, 0.29) is 0 Å². The second-order valence-corrected chi connectivity index (χ2v) is 4.71. The van der Waals surface area contributed by atoms with Gasteiger partial charge in [-0.15, -0.1) is 0 Å². The standard InChI is InChI=1S/C14H16N2O4/c1-14(13(18)20-3)10(12(17)19-2)11(15-16-14)9-7-5-4-6-8-9/h4-8,10-11H,1-3H3/t10-,11+,14-/m0/s1. The van der Waals surface area contributed by atoms with Gasteiger partial charge in [0.1, 0.15) is 12.0 Å². The van der Waals surface area contributed by atoms with Gasteiger partial charge in [0.25, 0.3) is 0 Å². The van der Waals surface area contributed by atoms with Crippen LogP contribution in [0.4, 0.5) is 0 Å². The molecule has 0 N–H and O–H groups in total. The highest BCUT2D eigenvalue weighted by atomic mass is 16.5. The monoisotopic (exact) mass is 276 g/mol. The predicted molar refractivity (Wildman–Crippen MR) is 70.0 cm³/mol. The molecule has 0 fully saturated rings. The molecule has 0 saturated carbocycles. The summed E-state index contributed by atoms with van der Waals surface area (Å²) in [6, 6.07) is 8.67. The van der Waals surface area contributed by atoms with Gasteiger partial charge in [-0.3, -0.25) is 4.79 Å². The van der Waals surface area contributed by atoms with Crippen LogP contribution in [-0.2, 0) is 19.1 Å². The second-order valence-electron chi connectivity index (χ2n) is 4.71. The Kier molecular flexibility index (Phi) is 3.83. The second kappa shape index (κ2) is 5.40. The quantitative estimate of drug-likeness (QED) is 0.790. The molecular formula is C14H16N2O4. The van der Waals surface area contributed by atoms with E-state index in [2.05, 4.69) is 10.2 Å². The summed E-state index contributed by atoms with van der Waals surface area (Å²) < 4.78 is 9.56. The van der Waals surface area contributed by atoms with Crippen LogP contribution in [0.3, 0.4) is 0 Å². The molecule has 1 aromatic rings. The van der Waals surface area contributed by atoms with Gasteiger partial charge in [0, 0.05) is 0 Å².